The van der Waals surface area contributed by atoms with E-state index in [4.69, 9.17) is 4.74 Å². The molecule has 2 saturated heterocycles. The second kappa shape index (κ2) is 5.97. The molecule has 3 N–H and O–H groups in total. The van der Waals surface area contributed by atoms with Crippen LogP contribution >= 0.6 is 0 Å². The predicted molar refractivity (Wildman–Crippen MR) is 99.2 cm³/mol. The second-order valence-corrected chi connectivity index (χ2v) is 8.37. The molecule has 7 nitrogen and oxygen atoms in total. The van der Waals surface area contributed by atoms with E-state index in [1.54, 1.807) is 11.0 Å². The second-order valence-electron chi connectivity index (χ2n) is 8.37. The summed E-state index contributed by atoms with van der Waals surface area (Å²) >= 11 is 0. The predicted octanol–water partition coefficient (Wildman–Crippen LogP) is -0.100. The molecule has 0 spiro atoms. The molecule has 142 valence electrons. The zero-order valence-corrected chi connectivity index (χ0v) is 15.2. The Kier molecular flexibility index (Phi) is 3.78. The molecular weight excluding hydrogens is 347 g/mol. The standard InChI is InChI=1S/C19H23BN2O5/c1-20-13-5-12(13)11-2-3-15(16(17(11)20)19(25)26)27-10-7-22(8-10)18(24)14-4-9(23)6-21-14/h2-3,9-10,12-14,21,23H,4-8H2,1H3,(H,25,26). The van der Waals surface area contributed by atoms with Crippen molar-refractivity contribution in [1.82, 2.24) is 10.2 Å². The van der Waals surface area contributed by atoms with Crippen LogP contribution in [0, 0.1) is 0 Å². The fraction of sp³-hybridized carbons (Fsp3) is 0.579. The number of carbonyl (C=O) groups excluding carboxylic acids is 1. The quantitative estimate of drug-likeness (QED) is 0.641. The van der Waals surface area contributed by atoms with Gasteiger partial charge in [-0.1, -0.05) is 24.2 Å². The number of amides is 1. The van der Waals surface area contributed by atoms with E-state index in [0.29, 0.717) is 49.1 Å². The molecule has 0 radical (unpaired) electrons. The van der Waals surface area contributed by atoms with Gasteiger partial charge in [0.15, 0.2) is 6.71 Å². The molecular formula is C19H23BN2O5. The zero-order chi connectivity index (χ0) is 18.9. The van der Waals surface area contributed by atoms with Gasteiger partial charge in [-0.3, -0.25) is 4.79 Å². The van der Waals surface area contributed by atoms with Crippen molar-refractivity contribution in [3.63, 3.8) is 0 Å². The molecule has 3 fully saturated rings. The molecule has 5 rings (SSSR count). The molecule has 3 aliphatic heterocycles. The van der Waals surface area contributed by atoms with Crippen molar-refractivity contribution < 1.29 is 24.5 Å². The van der Waals surface area contributed by atoms with E-state index in [1.807, 2.05) is 6.07 Å². The van der Waals surface area contributed by atoms with Crippen LogP contribution in [0.2, 0.25) is 12.6 Å². The third-order valence-corrected chi connectivity index (χ3v) is 6.65. The number of aliphatic hydroxyl groups is 1. The Hall–Kier alpha value is -2.06. The monoisotopic (exact) mass is 370 g/mol. The lowest BCUT2D eigenvalue weighted by Crippen LogP contribution is -2.59. The van der Waals surface area contributed by atoms with Crippen molar-refractivity contribution in [1.29, 1.82) is 0 Å². The topological polar surface area (TPSA) is 99.1 Å². The molecule has 1 aliphatic carbocycles. The first-order chi connectivity index (χ1) is 12.9. The number of ether oxygens (including phenoxy) is 1. The lowest BCUT2D eigenvalue weighted by molar-refractivity contribution is -0.142. The fourth-order valence-corrected chi connectivity index (χ4v) is 5.08. The average Bonchev–Trinajstić information content (AvgIpc) is 3.20. The number of fused-ring (bicyclic) bond motifs is 3. The van der Waals surface area contributed by atoms with E-state index in [-0.39, 0.29) is 24.8 Å². The molecule has 1 saturated carbocycles. The summed E-state index contributed by atoms with van der Waals surface area (Å²) in [6.45, 7) is 3.72. The highest BCUT2D eigenvalue weighted by atomic mass is 16.5. The first-order valence-corrected chi connectivity index (χ1v) is 9.71. The smallest absolute Gasteiger partial charge is 0.338 e. The number of aliphatic hydroxyl groups excluding tert-OH is 1. The van der Waals surface area contributed by atoms with Crippen molar-refractivity contribution >= 4 is 24.1 Å². The first kappa shape index (κ1) is 17.1. The number of nitrogens with one attached hydrogen (secondary N) is 1. The zero-order valence-electron chi connectivity index (χ0n) is 15.2. The van der Waals surface area contributed by atoms with E-state index >= 15 is 0 Å². The van der Waals surface area contributed by atoms with Crippen molar-refractivity contribution in [2.75, 3.05) is 19.6 Å². The number of β-amino-alcohol motifs (C(OH)–C–C–N with tert-alkyl or cyclic N) is 1. The van der Waals surface area contributed by atoms with Gasteiger partial charge in [0.2, 0.25) is 5.91 Å². The number of nitrogens with zero attached hydrogens (tertiary/aromatic N) is 1. The van der Waals surface area contributed by atoms with Gasteiger partial charge in [0, 0.05) is 6.54 Å². The minimum absolute atomic E-state index is 0.0208. The summed E-state index contributed by atoms with van der Waals surface area (Å²) in [6.07, 6.45) is 0.944. The normalized spacial score (nSPS) is 31.3. The fourth-order valence-electron chi connectivity index (χ4n) is 5.08. The van der Waals surface area contributed by atoms with Gasteiger partial charge >= 0.3 is 5.97 Å². The van der Waals surface area contributed by atoms with Crippen LogP contribution in [0.15, 0.2) is 12.1 Å². The van der Waals surface area contributed by atoms with Gasteiger partial charge in [-0.15, -0.1) is 0 Å². The lowest BCUT2D eigenvalue weighted by Gasteiger charge is -2.40. The van der Waals surface area contributed by atoms with E-state index < -0.39 is 12.1 Å². The number of aromatic carboxylic acids is 1. The third kappa shape index (κ3) is 2.65. The molecule has 0 aromatic heterocycles. The molecule has 4 aliphatic rings. The first-order valence-electron chi connectivity index (χ1n) is 9.71. The summed E-state index contributed by atoms with van der Waals surface area (Å²) in [5, 5.41) is 22.4. The number of carboxylic acid groups (broad SMARTS) is 1. The minimum Gasteiger partial charge on any atom is -0.486 e. The minimum atomic E-state index is -0.939. The van der Waals surface area contributed by atoms with Gasteiger partial charge in [-0.05, 0) is 30.4 Å². The van der Waals surface area contributed by atoms with Crippen LogP contribution in [-0.4, -0.2) is 71.6 Å². The molecule has 27 heavy (non-hydrogen) atoms. The Morgan fingerprint density at radius 1 is 1.30 bits per heavy atom. The van der Waals surface area contributed by atoms with Crippen LogP contribution < -0.4 is 15.5 Å². The molecule has 4 atom stereocenters. The molecule has 0 bridgehead atoms. The molecule has 4 unspecified atom stereocenters. The van der Waals surface area contributed by atoms with E-state index in [0.717, 1.165) is 11.9 Å². The Labute approximate surface area is 157 Å². The number of rotatable bonds is 4. The summed E-state index contributed by atoms with van der Waals surface area (Å²) in [4.78, 5) is 26.0. The molecule has 1 aromatic carbocycles. The van der Waals surface area contributed by atoms with Crippen LogP contribution in [0.25, 0.3) is 0 Å². The molecule has 1 aromatic rings. The number of hydrogen-bond donors (Lipinski definition) is 3. The SMILES string of the molecule is CB1c2c(ccc(OC3CN(C(=O)C4CC(O)CN4)C3)c2C(=O)O)C2CC12. The van der Waals surface area contributed by atoms with Crippen molar-refractivity contribution in [2.45, 2.75) is 49.6 Å². The maximum atomic E-state index is 12.4. The average molecular weight is 370 g/mol. The number of carbonyl (C=O) groups is 2. The molecule has 1 amide bonds. The Morgan fingerprint density at radius 2 is 2.07 bits per heavy atom. The summed E-state index contributed by atoms with van der Waals surface area (Å²) in [5.74, 6) is 0.562. The number of benzene rings is 1. The maximum absolute atomic E-state index is 12.4. The number of hydrogen-bond acceptors (Lipinski definition) is 5. The van der Waals surface area contributed by atoms with Gasteiger partial charge in [0.25, 0.3) is 0 Å². The summed E-state index contributed by atoms with van der Waals surface area (Å²) in [6, 6.07) is 3.48. The molecule has 3 heterocycles. The number of carboxylic acids is 1. The van der Waals surface area contributed by atoms with Crippen LogP contribution in [-0.2, 0) is 4.79 Å². The third-order valence-electron chi connectivity index (χ3n) is 6.65. The van der Waals surface area contributed by atoms with Crippen LogP contribution in [0.4, 0.5) is 0 Å². The van der Waals surface area contributed by atoms with Crippen LogP contribution in [0.1, 0.15) is 34.7 Å². The van der Waals surface area contributed by atoms with Gasteiger partial charge in [-0.25, -0.2) is 4.79 Å². The van der Waals surface area contributed by atoms with Gasteiger partial charge in [0.05, 0.1) is 30.8 Å². The van der Waals surface area contributed by atoms with Crippen LogP contribution in [0.3, 0.4) is 0 Å². The highest BCUT2D eigenvalue weighted by molar-refractivity contribution is 6.77. The van der Waals surface area contributed by atoms with Crippen LogP contribution in [0.5, 0.6) is 5.75 Å². The van der Waals surface area contributed by atoms with Gasteiger partial charge in [-0.2, -0.15) is 0 Å². The van der Waals surface area contributed by atoms with Gasteiger partial charge in [0.1, 0.15) is 11.9 Å². The van der Waals surface area contributed by atoms with Crippen molar-refractivity contribution in [2.24, 2.45) is 0 Å². The largest absolute Gasteiger partial charge is 0.486 e. The molecule has 8 heteroatoms. The van der Waals surface area contributed by atoms with E-state index in [1.165, 1.54) is 5.56 Å². The summed E-state index contributed by atoms with van der Waals surface area (Å²) in [5.41, 5.74) is 2.42. The highest BCUT2D eigenvalue weighted by Crippen LogP contribution is 2.59. The maximum Gasteiger partial charge on any atom is 0.338 e. The van der Waals surface area contributed by atoms with E-state index in [2.05, 4.69) is 12.1 Å². The Balaban J connectivity index is 1.28. The summed E-state index contributed by atoms with van der Waals surface area (Å²) < 4.78 is 5.99. The van der Waals surface area contributed by atoms with Crippen molar-refractivity contribution in [3.05, 3.63) is 23.3 Å². The lowest BCUT2D eigenvalue weighted by atomic mass is 9.44. The Morgan fingerprint density at radius 3 is 2.74 bits per heavy atom. The highest BCUT2D eigenvalue weighted by Gasteiger charge is 2.53. The van der Waals surface area contributed by atoms with Gasteiger partial charge < -0.3 is 25.2 Å². The van der Waals surface area contributed by atoms with Crippen molar-refractivity contribution in [3.8, 4) is 5.75 Å². The number of likely N-dealkylation sites (tertiary alicyclic amines) is 1. The Bertz CT molecular complexity index is 825. The summed E-state index contributed by atoms with van der Waals surface area (Å²) in [7, 11) is 0. The van der Waals surface area contributed by atoms with E-state index in [9.17, 15) is 19.8 Å².